The van der Waals surface area contributed by atoms with E-state index in [1.807, 2.05) is 12.2 Å². The molecule has 0 aliphatic rings. The third kappa shape index (κ3) is 12.8. The van der Waals surface area contributed by atoms with E-state index < -0.39 is 12.1 Å². The Morgan fingerprint density at radius 1 is 1.18 bits per heavy atom. The Bertz CT molecular complexity index is 244. The van der Waals surface area contributed by atoms with Crippen molar-refractivity contribution in [3.63, 3.8) is 0 Å². The maximum atomic E-state index is 10.3. The van der Waals surface area contributed by atoms with E-state index in [-0.39, 0.29) is 6.42 Å². The lowest BCUT2D eigenvalue weighted by atomic mass is 10.1. The van der Waals surface area contributed by atoms with Gasteiger partial charge < -0.3 is 10.2 Å². The number of unbranched alkanes of at least 4 members (excludes halogenated alkanes) is 3. The predicted octanol–water partition coefficient (Wildman–Crippen LogP) is 3.29. The molecule has 0 amide bonds. The molecule has 0 rings (SSSR count). The van der Waals surface area contributed by atoms with Gasteiger partial charge in [0.15, 0.2) is 0 Å². The zero-order valence-electron chi connectivity index (χ0n) is 10.6. The average molecular weight is 240 g/mol. The van der Waals surface area contributed by atoms with Gasteiger partial charge in [0.25, 0.3) is 0 Å². The zero-order chi connectivity index (χ0) is 12.9. The molecule has 0 bridgehead atoms. The summed E-state index contributed by atoms with van der Waals surface area (Å²) < 4.78 is 0. The fourth-order valence-corrected chi connectivity index (χ4v) is 1.44. The smallest absolute Gasteiger partial charge is 0.305 e. The molecule has 0 saturated carbocycles. The van der Waals surface area contributed by atoms with Crippen LogP contribution in [0.3, 0.4) is 0 Å². The molecule has 0 heterocycles. The van der Waals surface area contributed by atoms with E-state index in [0.717, 1.165) is 12.8 Å². The molecule has 0 radical (unpaired) electrons. The summed E-state index contributed by atoms with van der Waals surface area (Å²) in [5.41, 5.74) is 0. The molecule has 0 unspecified atom stereocenters. The highest BCUT2D eigenvalue weighted by Crippen LogP contribution is 2.02. The van der Waals surface area contributed by atoms with Crippen molar-refractivity contribution in [2.24, 2.45) is 0 Å². The van der Waals surface area contributed by atoms with Crippen molar-refractivity contribution in [3.05, 3.63) is 24.3 Å². The Kier molecular flexibility index (Phi) is 10.7. The fourth-order valence-electron chi connectivity index (χ4n) is 1.44. The SMILES string of the molecule is CCCCC/C=C\C/C=C\C[C@H](O)CC(=O)O. The Balaban J connectivity index is 3.44. The van der Waals surface area contributed by atoms with Crippen molar-refractivity contribution >= 4 is 5.97 Å². The number of rotatable bonds is 10. The van der Waals surface area contributed by atoms with E-state index in [0.29, 0.717) is 6.42 Å². The van der Waals surface area contributed by atoms with Crippen LogP contribution in [-0.4, -0.2) is 22.3 Å². The summed E-state index contributed by atoms with van der Waals surface area (Å²) in [7, 11) is 0. The van der Waals surface area contributed by atoms with Crippen LogP contribution >= 0.6 is 0 Å². The molecule has 0 saturated heterocycles. The highest BCUT2D eigenvalue weighted by Gasteiger charge is 2.06. The van der Waals surface area contributed by atoms with E-state index >= 15 is 0 Å². The standard InChI is InChI=1S/C14H24O3/c1-2-3-4-5-6-7-8-9-10-11-13(15)12-14(16)17/h6-7,9-10,13,15H,2-5,8,11-12H2,1H3,(H,16,17)/b7-6-,10-9-/t13-/m0/s1. The van der Waals surface area contributed by atoms with E-state index in [2.05, 4.69) is 19.1 Å². The van der Waals surface area contributed by atoms with Crippen LogP contribution < -0.4 is 0 Å². The Labute approximate surface area is 104 Å². The first-order valence-electron chi connectivity index (χ1n) is 6.36. The lowest BCUT2D eigenvalue weighted by molar-refractivity contribution is -0.139. The van der Waals surface area contributed by atoms with Gasteiger partial charge in [0.2, 0.25) is 0 Å². The number of hydrogen-bond acceptors (Lipinski definition) is 2. The number of carboxylic acids is 1. The topological polar surface area (TPSA) is 57.5 Å². The normalized spacial score (nSPS) is 13.5. The molecular formula is C14H24O3. The summed E-state index contributed by atoms with van der Waals surface area (Å²) in [5, 5.41) is 17.7. The number of allylic oxidation sites excluding steroid dienone is 3. The number of hydrogen-bond donors (Lipinski definition) is 2. The average Bonchev–Trinajstić information content (AvgIpc) is 2.26. The van der Waals surface area contributed by atoms with Gasteiger partial charge in [-0.15, -0.1) is 0 Å². The first-order valence-corrected chi connectivity index (χ1v) is 6.36. The number of carbonyl (C=O) groups is 1. The minimum absolute atomic E-state index is 0.183. The zero-order valence-corrected chi connectivity index (χ0v) is 10.6. The highest BCUT2D eigenvalue weighted by molar-refractivity contribution is 5.67. The maximum Gasteiger partial charge on any atom is 0.305 e. The van der Waals surface area contributed by atoms with Crippen LogP contribution in [0.4, 0.5) is 0 Å². The lowest BCUT2D eigenvalue weighted by Crippen LogP contribution is -2.11. The molecule has 0 spiro atoms. The van der Waals surface area contributed by atoms with Gasteiger partial charge in [-0.05, 0) is 25.7 Å². The van der Waals surface area contributed by atoms with Gasteiger partial charge in [0.1, 0.15) is 0 Å². The van der Waals surface area contributed by atoms with Gasteiger partial charge in [-0.25, -0.2) is 0 Å². The monoisotopic (exact) mass is 240 g/mol. The summed E-state index contributed by atoms with van der Waals surface area (Å²) in [5.74, 6) is -0.957. The molecule has 1 atom stereocenters. The maximum absolute atomic E-state index is 10.3. The molecule has 2 N–H and O–H groups in total. The summed E-state index contributed by atoms with van der Waals surface area (Å²) in [6, 6.07) is 0. The summed E-state index contributed by atoms with van der Waals surface area (Å²) >= 11 is 0. The molecule has 0 aromatic rings. The largest absolute Gasteiger partial charge is 0.481 e. The van der Waals surface area contributed by atoms with Crippen LogP contribution in [0.2, 0.25) is 0 Å². The van der Waals surface area contributed by atoms with Crippen LogP contribution in [-0.2, 0) is 4.79 Å². The molecule has 0 aromatic carbocycles. The number of aliphatic carboxylic acids is 1. The third-order valence-corrected chi connectivity index (χ3v) is 2.40. The van der Waals surface area contributed by atoms with Crippen LogP contribution in [0.15, 0.2) is 24.3 Å². The van der Waals surface area contributed by atoms with Crippen LogP contribution in [0.25, 0.3) is 0 Å². The van der Waals surface area contributed by atoms with Crippen molar-refractivity contribution in [3.8, 4) is 0 Å². The molecule has 0 aliphatic heterocycles. The summed E-state index contributed by atoms with van der Waals surface area (Å²) in [6.07, 6.45) is 13.3. The molecule has 0 fully saturated rings. The lowest BCUT2D eigenvalue weighted by Gasteiger charge is -2.02. The summed E-state index contributed by atoms with van der Waals surface area (Å²) in [6.45, 7) is 2.19. The van der Waals surface area contributed by atoms with Crippen LogP contribution in [0, 0.1) is 0 Å². The van der Waals surface area contributed by atoms with Gasteiger partial charge in [-0.2, -0.15) is 0 Å². The van der Waals surface area contributed by atoms with E-state index in [1.165, 1.54) is 19.3 Å². The van der Waals surface area contributed by atoms with Crippen molar-refractivity contribution in [1.29, 1.82) is 0 Å². The van der Waals surface area contributed by atoms with E-state index in [4.69, 9.17) is 5.11 Å². The molecular weight excluding hydrogens is 216 g/mol. The van der Waals surface area contributed by atoms with Crippen molar-refractivity contribution < 1.29 is 15.0 Å². The van der Waals surface area contributed by atoms with Gasteiger partial charge in [0, 0.05) is 0 Å². The molecule has 17 heavy (non-hydrogen) atoms. The molecule has 3 heteroatoms. The van der Waals surface area contributed by atoms with Crippen LogP contribution in [0.1, 0.15) is 51.9 Å². The highest BCUT2D eigenvalue weighted by atomic mass is 16.4. The first-order chi connectivity index (χ1) is 8.16. The Morgan fingerprint density at radius 2 is 1.88 bits per heavy atom. The first kappa shape index (κ1) is 15.9. The fraction of sp³-hybridized carbons (Fsp3) is 0.643. The second kappa shape index (κ2) is 11.4. The minimum Gasteiger partial charge on any atom is -0.481 e. The summed E-state index contributed by atoms with van der Waals surface area (Å²) in [4.78, 5) is 10.3. The molecule has 98 valence electrons. The van der Waals surface area contributed by atoms with Crippen LogP contribution in [0.5, 0.6) is 0 Å². The third-order valence-electron chi connectivity index (χ3n) is 2.40. The second-order valence-electron chi connectivity index (χ2n) is 4.16. The number of aliphatic hydroxyl groups excluding tert-OH is 1. The predicted molar refractivity (Wildman–Crippen MR) is 69.9 cm³/mol. The van der Waals surface area contributed by atoms with Crippen molar-refractivity contribution in [2.45, 2.75) is 58.0 Å². The second-order valence-corrected chi connectivity index (χ2v) is 4.16. The quantitative estimate of drug-likeness (QED) is 0.455. The van der Waals surface area contributed by atoms with Gasteiger partial charge in [-0.1, -0.05) is 44.1 Å². The minimum atomic E-state index is -0.957. The van der Waals surface area contributed by atoms with Gasteiger partial charge in [-0.3, -0.25) is 4.79 Å². The van der Waals surface area contributed by atoms with Gasteiger partial charge >= 0.3 is 5.97 Å². The number of carboxylic acid groups (broad SMARTS) is 1. The molecule has 0 aliphatic carbocycles. The Hall–Kier alpha value is -1.09. The Morgan fingerprint density at radius 3 is 2.53 bits per heavy atom. The van der Waals surface area contributed by atoms with Gasteiger partial charge in [0.05, 0.1) is 12.5 Å². The molecule has 3 nitrogen and oxygen atoms in total. The van der Waals surface area contributed by atoms with Crippen molar-refractivity contribution in [2.75, 3.05) is 0 Å². The van der Waals surface area contributed by atoms with Crippen molar-refractivity contribution in [1.82, 2.24) is 0 Å². The van der Waals surface area contributed by atoms with E-state index in [1.54, 1.807) is 0 Å². The number of aliphatic hydroxyl groups is 1. The van der Waals surface area contributed by atoms with E-state index in [9.17, 15) is 9.90 Å². The molecule has 0 aromatic heterocycles.